The highest BCUT2D eigenvalue weighted by atomic mass is 19.3. The van der Waals surface area contributed by atoms with Crippen LogP contribution in [0.15, 0.2) is 72.1 Å². The molecule has 0 saturated carbocycles. The number of amides is 4. The lowest BCUT2D eigenvalue weighted by atomic mass is 9.91. The molecule has 3 aromatic rings. The zero-order valence-electron chi connectivity index (χ0n) is 37.2. The summed E-state index contributed by atoms with van der Waals surface area (Å²) in [6, 6.07) is 17.2. The van der Waals surface area contributed by atoms with E-state index in [1.54, 1.807) is 48.2 Å². The molecule has 2 atom stereocenters. The minimum absolute atomic E-state index is 0.0266. The first-order valence-corrected chi connectivity index (χ1v) is 22.8. The number of carbonyl (C=O) groups excluding carboxylic acids is 4. The fourth-order valence-electron chi connectivity index (χ4n) is 10.1. The molecule has 5 heterocycles. The Morgan fingerprint density at radius 2 is 1.74 bits per heavy atom. The Hall–Kier alpha value is -6.13. The summed E-state index contributed by atoms with van der Waals surface area (Å²) in [5.74, 6) is -0.929. The largest absolute Gasteiger partial charge is 0.393 e. The van der Waals surface area contributed by atoms with Crippen molar-refractivity contribution in [1.82, 2.24) is 30.7 Å². The van der Waals surface area contributed by atoms with Crippen molar-refractivity contribution in [2.75, 3.05) is 56.5 Å². The van der Waals surface area contributed by atoms with Crippen LogP contribution in [0.5, 0.6) is 0 Å². The van der Waals surface area contributed by atoms with Crippen molar-refractivity contribution >= 4 is 46.8 Å². The smallest absolute Gasteiger partial charge is 0.264 e. The van der Waals surface area contributed by atoms with Gasteiger partial charge in [-0.05, 0) is 85.0 Å². The van der Waals surface area contributed by atoms with Gasteiger partial charge >= 0.3 is 0 Å². The van der Waals surface area contributed by atoms with Crippen LogP contribution in [0.25, 0.3) is 5.57 Å². The van der Waals surface area contributed by atoms with E-state index in [2.05, 4.69) is 50.4 Å². The molecule has 2 saturated heterocycles. The Morgan fingerprint density at radius 1 is 0.969 bits per heavy atom. The molecule has 0 aliphatic carbocycles. The Bertz CT molecular complexity index is 2380. The third kappa shape index (κ3) is 9.93. The van der Waals surface area contributed by atoms with E-state index in [1.165, 1.54) is 11.1 Å². The lowest BCUT2D eigenvalue weighted by Crippen LogP contribution is -2.52. The fourth-order valence-corrected chi connectivity index (χ4v) is 10.1. The standard InChI is InChI=1S/C49H60F2N10O4/c1-30(62)59-22-17-42(40(28-59)47(53)60-19-4-5-33-23-37(34(25-52)26-54-2)38(46(50)51)24-44(33)60)56-35-15-20-58(21-16-35)27-32-10-8-31(9-11-32)14-18-55-41-7-3-6-36-39(41)29-61(49(36)65)43-12-13-45(63)57-48(43)64/h3,6-11,23-26,35,43,46-47,52,54-56H,4-5,12-22,27-29,53H2,1-2H3,(H,57,63,64)/b34-26+,52-25?. The minimum Gasteiger partial charge on any atom is -0.393 e. The highest BCUT2D eigenvalue weighted by Gasteiger charge is 2.40. The second kappa shape index (κ2) is 19.9. The lowest BCUT2D eigenvalue weighted by molar-refractivity contribution is -0.137. The van der Waals surface area contributed by atoms with Crippen LogP contribution in [0.2, 0.25) is 0 Å². The number of rotatable bonds is 15. The third-order valence-corrected chi connectivity index (χ3v) is 13.6. The summed E-state index contributed by atoms with van der Waals surface area (Å²) in [6.45, 7) is 6.80. The molecule has 0 radical (unpaired) electrons. The molecule has 344 valence electrons. The van der Waals surface area contributed by atoms with E-state index >= 15 is 0 Å². The van der Waals surface area contributed by atoms with Gasteiger partial charge in [0.1, 0.15) is 12.2 Å². The van der Waals surface area contributed by atoms with Gasteiger partial charge in [-0.1, -0.05) is 30.3 Å². The molecule has 8 rings (SSSR count). The Morgan fingerprint density at radius 3 is 2.45 bits per heavy atom. The van der Waals surface area contributed by atoms with Crippen LogP contribution in [0, 0.1) is 5.41 Å². The van der Waals surface area contributed by atoms with E-state index in [1.807, 2.05) is 17.0 Å². The summed E-state index contributed by atoms with van der Waals surface area (Å²) < 4.78 is 29.1. The van der Waals surface area contributed by atoms with E-state index in [4.69, 9.17) is 11.1 Å². The molecule has 5 aliphatic rings. The molecule has 0 aromatic heterocycles. The average molecular weight is 891 g/mol. The Kier molecular flexibility index (Phi) is 13.9. The van der Waals surface area contributed by atoms with E-state index in [0.29, 0.717) is 74.4 Å². The van der Waals surface area contributed by atoms with Crippen molar-refractivity contribution < 1.29 is 28.0 Å². The van der Waals surface area contributed by atoms with Crippen LogP contribution < -0.4 is 31.9 Å². The van der Waals surface area contributed by atoms with Gasteiger partial charge in [0, 0.05) is 143 Å². The average Bonchev–Trinajstić information content (AvgIpc) is 3.64. The second-order valence-electron chi connectivity index (χ2n) is 17.8. The summed E-state index contributed by atoms with van der Waals surface area (Å²) in [5.41, 5.74) is 16.0. The number of nitrogens with one attached hydrogen (secondary N) is 5. The molecule has 3 aromatic carbocycles. The van der Waals surface area contributed by atoms with Crippen molar-refractivity contribution in [3.8, 4) is 0 Å². The highest BCUT2D eigenvalue weighted by molar-refractivity contribution is 6.09. The molecule has 5 aliphatic heterocycles. The second-order valence-corrected chi connectivity index (χ2v) is 17.8. The summed E-state index contributed by atoms with van der Waals surface area (Å²) in [7, 11) is 1.68. The van der Waals surface area contributed by atoms with E-state index in [9.17, 15) is 28.0 Å². The number of piperidine rings is 2. The van der Waals surface area contributed by atoms with Crippen molar-refractivity contribution in [1.29, 1.82) is 5.41 Å². The van der Waals surface area contributed by atoms with Crippen molar-refractivity contribution in [3.63, 3.8) is 0 Å². The van der Waals surface area contributed by atoms with Gasteiger partial charge in [0.05, 0.1) is 0 Å². The van der Waals surface area contributed by atoms with Crippen molar-refractivity contribution in [2.24, 2.45) is 5.73 Å². The number of benzene rings is 3. The molecule has 14 nitrogen and oxygen atoms in total. The maximum absolute atomic E-state index is 14.6. The number of hydrogen-bond donors (Lipinski definition) is 6. The number of hydrogen-bond acceptors (Lipinski definition) is 11. The minimum atomic E-state index is -2.74. The van der Waals surface area contributed by atoms with E-state index < -0.39 is 24.5 Å². The SMILES string of the molecule is CN/C=C(\C=N)c1cc2c(cc1C(F)F)N(C(N)C1=C(NC3CCN(Cc4ccc(CCNc5cccc6c5CN(C5CCC(=O)NC5=O)C6=O)cc4)CC3)CCN(C(C)=O)C1)CCC2. The molecule has 16 heteroatoms. The monoisotopic (exact) mass is 890 g/mol. The van der Waals surface area contributed by atoms with Crippen molar-refractivity contribution in [2.45, 2.75) is 96.1 Å². The van der Waals surface area contributed by atoms with Crippen molar-refractivity contribution in [3.05, 3.63) is 111 Å². The predicted octanol–water partition coefficient (Wildman–Crippen LogP) is 5.05. The molecule has 4 amide bonds. The number of anilines is 2. The lowest BCUT2D eigenvalue weighted by Gasteiger charge is -2.42. The van der Waals surface area contributed by atoms with Crippen LogP contribution in [-0.4, -0.2) is 109 Å². The first kappa shape index (κ1) is 45.4. The van der Waals surface area contributed by atoms with Crippen LogP contribution >= 0.6 is 0 Å². The van der Waals surface area contributed by atoms with E-state index in [-0.39, 0.29) is 35.7 Å². The van der Waals surface area contributed by atoms with Gasteiger partial charge in [0.15, 0.2) is 0 Å². The fraction of sp³-hybridized carbons (Fsp3) is 0.449. The zero-order chi connectivity index (χ0) is 45.8. The molecule has 65 heavy (non-hydrogen) atoms. The molecule has 2 fully saturated rings. The quantitative estimate of drug-likeness (QED) is 0.0895. The molecule has 0 bridgehead atoms. The molecular formula is C49H60F2N10O4. The van der Waals surface area contributed by atoms with Crippen LogP contribution in [0.1, 0.15) is 95.6 Å². The number of fused-ring (bicyclic) bond motifs is 2. The van der Waals surface area contributed by atoms with Gasteiger partial charge < -0.3 is 41.8 Å². The number of likely N-dealkylation sites (tertiary alicyclic amines) is 1. The van der Waals surface area contributed by atoms with Gasteiger partial charge in [0.2, 0.25) is 17.7 Å². The first-order chi connectivity index (χ1) is 31.4. The van der Waals surface area contributed by atoms with Gasteiger partial charge in [-0.3, -0.25) is 29.4 Å². The first-order valence-electron chi connectivity index (χ1n) is 22.8. The maximum atomic E-state index is 14.6. The number of alkyl halides is 2. The van der Waals surface area contributed by atoms with Gasteiger partial charge in [-0.2, -0.15) is 0 Å². The topological polar surface area (TPSA) is 179 Å². The molecule has 7 N–H and O–H groups in total. The summed E-state index contributed by atoms with van der Waals surface area (Å²) >= 11 is 0. The number of allylic oxidation sites excluding steroid dienone is 1. The predicted molar refractivity (Wildman–Crippen MR) is 247 cm³/mol. The highest BCUT2D eigenvalue weighted by Crippen LogP contribution is 2.39. The summed E-state index contributed by atoms with van der Waals surface area (Å²) in [5, 5.41) is 20.5. The number of halogens is 2. The third-order valence-electron chi connectivity index (χ3n) is 13.6. The van der Waals surface area contributed by atoms with Crippen LogP contribution in [0.4, 0.5) is 20.2 Å². The number of aryl methyl sites for hydroxylation is 1. The summed E-state index contributed by atoms with van der Waals surface area (Å²) in [4.78, 5) is 57.9. The zero-order valence-corrected chi connectivity index (χ0v) is 37.2. The van der Waals surface area contributed by atoms with Gasteiger partial charge in [0.25, 0.3) is 12.3 Å². The molecule has 2 unspecified atom stereocenters. The number of nitrogens with two attached hydrogens (primary N) is 1. The number of carbonyl (C=O) groups is 4. The van der Waals surface area contributed by atoms with Gasteiger partial charge in [-0.15, -0.1) is 0 Å². The van der Waals surface area contributed by atoms with Gasteiger partial charge in [-0.25, -0.2) is 8.78 Å². The Labute approximate surface area is 379 Å². The number of nitrogens with zero attached hydrogens (tertiary/aromatic N) is 4. The molecular weight excluding hydrogens is 831 g/mol. The van der Waals surface area contributed by atoms with Crippen LogP contribution in [0.3, 0.4) is 0 Å². The Balaban J connectivity index is 0.862. The molecule has 0 spiro atoms. The van der Waals surface area contributed by atoms with Crippen LogP contribution in [-0.2, 0) is 40.3 Å². The maximum Gasteiger partial charge on any atom is 0.264 e. The summed E-state index contributed by atoms with van der Waals surface area (Å²) in [6.07, 6.45) is 4.66. The van der Waals surface area contributed by atoms with E-state index in [0.717, 1.165) is 79.6 Å². The normalized spacial score (nSPS) is 20.2. The number of imide groups is 1.